The Morgan fingerprint density at radius 3 is 3.00 bits per heavy atom. The molecule has 0 unspecified atom stereocenters. The van der Waals surface area contributed by atoms with Gasteiger partial charge >= 0.3 is 0 Å². The molecular weight excluding hydrogens is 114 g/mol. The highest BCUT2D eigenvalue weighted by Gasteiger charge is 1.85. The molecule has 0 spiro atoms. The van der Waals surface area contributed by atoms with E-state index in [4.69, 9.17) is 10.00 Å². The number of ether oxygens (including phenoxy) is 1. The van der Waals surface area contributed by atoms with Crippen LogP contribution >= 0.6 is 0 Å². The van der Waals surface area contributed by atoms with Gasteiger partial charge in [-0.3, -0.25) is 0 Å². The van der Waals surface area contributed by atoms with Crippen molar-refractivity contribution in [3.05, 3.63) is 6.61 Å². The molecule has 2 heteroatoms. The average Bonchev–Trinajstić information content (AvgIpc) is 1.89. The second-order valence-corrected chi connectivity index (χ2v) is 1.73. The second-order valence-electron chi connectivity index (χ2n) is 1.73. The van der Waals surface area contributed by atoms with Crippen LogP contribution in [0, 0.1) is 17.9 Å². The fourth-order valence-corrected chi connectivity index (χ4v) is 0.389. The van der Waals surface area contributed by atoms with Crippen LogP contribution < -0.4 is 0 Å². The topological polar surface area (TPSA) is 33.0 Å². The molecule has 0 atom stereocenters. The van der Waals surface area contributed by atoms with Crippen LogP contribution in [0.5, 0.6) is 0 Å². The zero-order valence-corrected chi connectivity index (χ0v) is 5.76. The van der Waals surface area contributed by atoms with Crippen molar-refractivity contribution in [2.24, 2.45) is 0 Å². The number of rotatable bonds is 5. The Kier molecular flexibility index (Phi) is 6.99. The molecule has 0 aromatic rings. The molecule has 0 N–H and O–H groups in total. The fraction of sp³-hybridized carbons (Fsp3) is 0.714. The first-order chi connectivity index (χ1) is 4.41. The average molecular weight is 126 g/mol. The summed E-state index contributed by atoms with van der Waals surface area (Å²) < 4.78 is 4.97. The first kappa shape index (κ1) is 8.45. The zero-order valence-electron chi connectivity index (χ0n) is 5.76. The summed E-state index contributed by atoms with van der Waals surface area (Å²) in [5, 5.41) is 8.08. The van der Waals surface area contributed by atoms with E-state index < -0.39 is 0 Å². The van der Waals surface area contributed by atoms with Crippen molar-refractivity contribution in [1.29, 1.82) is 5.26 Å². The van der Waals surface area contributed by atoms with Crippen LogP contribution in [0.3, 0.4) is 0 Å². The highest BCUT2D eigenvalue weighted by Crippen LogP contribution is 1.93. The molecule has 0 bridgehead atoms. The number of hydrogen-bond donors (Lipinski definition) is 0. The van der Waals surface area contributed by atoms with Crippen molar-refractivity contribution in [2.45, 2.75) is 26.2 Å². The molecule has 0 fully saturated rings. The summed E-state index contributed by atoms with van der Waals surface area (Å²) in [6, 6.07) is 2.00. The number of nitrogens with zero attached hydrogens (tertiary/aromatic N) is 1. The Morgan fingerprint density at radius 2 is 2.44 bits per heavy atom. The van der Waals surface area contributed by atoms with Gasteiger partial charge in [-0.1, -0.05) is 13.3 Å². The summed E-state index contributed by atoms with van der Waals surface area (Å²) in [5.41, 5.74) is 0. The standard InChI is InChI=1S/C7H12NO/c1-2-3-6-9-7-4-5-8/h6H,2-4,7H2,1H3. The minimum Gasteiger partial charge on any atom is -0.374 e. The molecule has 9 heavy (non-hydrogen) atoms. The quantitative estimate of drug-likeness (QED) is 0.527. The molecule has 0 saturated heterocycles. The molecule has 2 nitrogen and oxygen atoms in total. The van der Waals surface area contributed by atoms with Gasteiger partial charge < -0.3 is 4.74 Å². The van der Waals surface area contributed by atoms with E-state index in [1.165, 1.54) is 0 Å². The molecule has 0 amide bonds. The molecule has 1 radical (unpaired) electrons. The van der Waals surface area contributed by atoms with E-state index in [0.717, 1.165) is 12.8 Å². The summed E-state index contributed by atoms with van der Waals surface area (Å²) in [7, 11) is 0. The largest absolute Gasteiger partial charge is 0.374 e. The Labute approximate surface area is 56.4 Å². The van der Waals surface area contributed by atoms with Gasteiger partial charge in [0, 0.05) is 0 Å². The SMILES string of the molecule is CCC[CH]OCCC#N. The predicted molar refractivity (Wildman–Crippen MR) is 35.4 cm³/mol. The Balaban J connectivity index is 2.69. The van der Waals surface area contributed by atoms with E-state index in [2.05, 4.69) is 6.92 Å². The van der Waals surface area contributed by atoms with E-state index in [1.807, 2.05) is 6.07 Å². The van der Waals surface area contributed by atoms with E-state index in [0.29, 0.717) is 13.0 Å². The van der Waals surface area contributed by atoms with Crippen LogP contribution in [0.25, 0.3) is 0 Å². The van der Waals surface area contributed by atoms with Crippen LogP contribution in [0.4, 0.5) is 0 Å². The maximum atomic E-state index is 8.08. The zero-order chi connectivity index (χ0) is 6.95. The minimum absolute atomic E-state index is 0.486. The van der Waals surface area contributed by atoms with Gasteiger partial charge in [0.1, 0.15) is 0 Å². The van der Waals surface area contributed by atoms with Gasteiger partial charge in [-0.05, 0) is 6.42 Å². The smallest absolute Gasteiger partial charge is 0.0837 e. The van der Waals surface area contributed by atoms with Crippen molar-refractivity contribution >= 4 is 0 Å². The molecule has 51 valence electrons. The molecule has 0 heterocycles. The number of hydrogen-bond acceptors (Lipinski definition) is 2. The summed E-state index contributed by atoms with van der Waals surface area (Å²) in [4.78, 5) is 0. The summed E-state index contributed by atoms with van der Waals surface area (Å²) in [6.07, 6.45) is 2.57. The lowest BCUT2D eigenvalue weighted by Gasteiger charge is -1.95. The summed E-state index contributed by atoms with van der Waals surface area (Å²) >= 11 is 0. The third-order valence-electron chi connectivity index (χ3n) is 0.856. The lowest BCUT2D eigenvalue weighted by Crippen LogP contribution is -1.88. The monoisotopic (exact) mass is 126 g/mol. The number of nitriles is 1. The van der Waals surface area contributed by atoms with E-state index in [9.17, 15) is 0 Å². The van der Waals surface area contributed by atoms with Crippen LogP contribution in [0.2, 0.25) is 0 Å². The fourth-order valence-electron chi connectivity index (χ4n) is 0.389. The van der Waals surface area contributed by atoms with Gasteiger partial charge in [0.15, 0.2) is 0 Å². The molecule has 0 aliphatic heterocycles. The highest BCUT2D eigenvalue weighted by atomic mass is 16.5. The van der Waals surface area contributed by atoms with Crippen molar-refractivity contribution < 1.29 is 4.74 Å². The van der Waals surface area contributed by atoms with Gasteiger partial charge in [0.05, 0.1) is 25.7 Å². The van der Waals surface area contributed by atoms with Gasteiger partial charge in [0.2, 0.25) is 0 Å². The van der Waals surface area contributed by atoms with Gasteiger partial charge in [0.25, 0.3) is 0 Å². The van der Waals surface area contributed by atoms with Crippen LogP contribution in [0.15, 0.2) is 0 Å². The summed E-state index contributed by atoms with van der Waals surface area (Å²) in [6.45, 7) is 4.39. The maximum Gasteiger partial charge on any atom is 0.0837 e. The van der Waals surface area contributed by atoms with E-state index >= 15 is 0 Å². The third kappa shape index (κ3) is 7.45. The molecule has 0 saturated carbocycles. The Hall–Kier alpha value is -0.550. The first-order valence-corrected chi connectivity index (χ1v) is 3.22. The molecular formula is C7H12NO. The number of unbranched alkanes of at least 4 members (excludes halogenated alkanes) is 1. The molecule has 0 aromatic heterocycles. The second kappa shape index (κ2) is 7.45. The lowest BCUT2D eigenvalue weighted by atomic mass is 10.4. The maximum absolute atomic E-state index is 8.08. The first-order valence-electron chi connectivity index (χ1n) is 3.22. The van der Waals surface area contributed by atoms with Crippen LogP contribution in [-0.4, -0.2) is 6.61 Å². The normalized spacial score (nSPS) is 8.89. The van der Waals surface area contributed by atoms with Gasteiger partial charge in [-0.2, -0.15) is 5.26 Å². The predicted octanol–water partition coefficient (Wildman–Crippen LogP) is 1.88. The molecule has 0 rings (SSSR count). The van der Waals surface area contributed by atoms with E-state index in [1.54, 1.807) is 6.61 Å². The minimum atomic E-state index is 0.486. The Morgan fingerprint density at radius 1 is 1.67 bits per heavy atom. The summed E-state index contributed by atoms with van der Waals surface area (Å²) in [5.74, 6) is 0. The third-order valence-corrected chi connectivity index (χ3v) is 0.856. The molecule has 0 aromatic carbocycles. The van der Waals surface area contributed by atoms with Crippen molar-refractivity contribution in [1.82, 2.24) is 0 Å². The van der Waals surface area contributed by atoms with Crippen LogP contribution in [-0.2, 0) is 4.74 Å². The lowest BCUT2D eigenvalue weighted by molar-refractivity contribution is 0.197. The van der Waals surface area contributed by atoms with Crippen molar-refractivity contribution in [2.75, 3.05) is 6.61 Å². The van der Waals surface area contributed by atoms with Crippen molar-refractivity contribution in [3.63, 3.8) is 0 Å². The van der Waals surface area contributed by atoms with Crippen molar-refractivity contribution in [3.8, 4) is 6.07 Å². The Bertz CT molecular complexity index is 85.4. The molecule has 0 aliphatic rings. The van der Waals surface area contributed by atoms with E-state index in [-0.39, 0.29) is 0 Å². The van der Waals surface area contributed by atoms with Gasteiger partial charge in [-0.25, -0.2) is 0 Å². The highest BCUT2D eigenvalue weighted by molar-refractivity contribution is 4.67. The van der Waals surface area contributed by atoms with Crippen LogP contribution in [0.1, 0.15) is 26.2 Å². The van der Waals surface area contributed by atoms with Gasteiger partial charge in [-0.15, -0.1) is 0 Å². The molecule has 0 aliphatic carbocycles.